The van der Waals surface area contributed by atoms with E-state index in [0.29, 0.717) is 13.0 Å². The monoisotopic (exact) mass is 189 g/mol. The molecule has 0 aromatic carbocycles. The number of carboxylic acids is 1. The van der Waals surface area contributed by atoms with E-state index < -0.39 is 12.1 Å². The molecule has 1 fully saturated rings. The molecule has 0 amide bonds. The average Bonchev–Trinajstić information content (AvgIpc) is 2.08. The lowest BCUT2D eigenvalue weighted by molar-refractivity contribution is -0.136. The number of alkyl halides is 1. The quantitative estimate of drug-likeness (QED) is 0.701. The zero-order chi connectivity index (χ0) is 9.68. The van der Waals surface area contributed by atoms with Gasteiger partial charge in [0.1, 0.15) is 6.17 Å². The summed E-state index contributed by atoms with van der Waals surface area (Å²) in [4.78, 5) is 10.2. The maximum Gasteiger partial charge on any atom is 0.304 e. The highest BCUT2D eigenvalue weighted by atomic mass is 19.1. The second-order valence-electron chi connectivity index (χ2n) is 3.50. The summed E-state index contributed by atoms with van der Waals surface area (Å²) in [5.41, 5.74) is 0. The molecule has 76 valence electrons. The van der Waals surface area contributed by atoms with Crippen LogP contribution in [0.1, 0.15) is 32.1 Å². The number of rotatable bonds is 4. The van der Waals surface area contributed by atoms with Crippen LogP contribution in [0, 0.1) is 0 Å². The second-order valence-corrected chi connectivity index (χ2v) is 3.50. The fourth-order valence-corrected chi connectivity index (χ4v) is 1.68. The van der Waals surface area contributed by atoms with Gasteiger partial charge in [-0.15, -0.1) is 0 Å². The van der Waals surface area contributed by atoms with E-state index in [2.05, 4.69) is 5.32 Å². The Labute approximate surface area is 77.3 Å². The van der Waals surface area contributed by atoms with Crippen LogP contribution in [0.4, 0.5) is 4.39 Å². The van der Waals surface area contributed by atoms with E-state index in [9.17, 15) is 9.18 Å². The molecule has 13 heavy (non-hydrogen) atoms. The van der Waals surface area contributed by atoms with Gasteiger partial charge in [0.25, 0.3) is 0 Å². The first-order valence-electron chi connectivity index (χ1n) is 4.79. The Bertz CT molecular complexity index is 175. The highest BCUT2D eigenvalue weighted by Crippen LogP contribution is 2.20. The van der Waals surface area contributed by atoms with Crippen molar-refractivity contribution in [2.45, 2.75) is 44.3 Å². The van der Waals surface area contributed by atoms with Crippen molar-refractivity contribution >= 4 is 5.97 Å². The van der Waals surface area contributed by atoms with Gasteiger partial charge in [-0.05, 0) is 12.8 Å². The first kappa shape index (κ1) is 10.4. The molecule has 0 heterocycles. The standard InChI is InChI=1S/C9H16FNO2/c10-7-3-1-2-4-8(7)11-6-5-9(12)13/h7-8,11H,1-6H2,(H,12,13)/t7-,8-/m1/s1. The smallest absolute Gasteiger partial charge is 0.304 e. The van der Waals surface area contributed by atoms with Crippen LogP contribution in [0.25, 0.3) is 0 Å². The minimum Gasteiger partial charge on any atom is -0.481 e. The van der Waals surface area contributed by atoms with Crippen LogP contribution in [0.5, 0.6) is 0 Å². The number of aliphatic carboxylic acids is 1. The molecule has 3 nitrogen and oxygen atoms in total. The van der Waals surface area contributed by atoms with Crippen LogP contribution >= 0.6 is 0 Å². The number of nitrogens with one attached hydrogen (secondary N) is 1. The van der Waals surface area contributed by atoms with Crippen molar-refractivity contribution in [3.63, 3.8) is 0 Å². The molecule has 0 bridgehead atoms. The Balaban J connectivity index is 2.15. The van der Waals surface area contributed by atoms with Gasteiger partial charge in [-0.3, -0.25) is 4.79 Å². The molecule has 1 rings (SSSR count). The molecule has 1 aliphatic rings. The molecule has 1 saturated carbocycles. The van der Waals surface area contributed by atoms with Crippen molar-refractivity contribution < 1.29 is 14.3 Å². The highest BCUT2D eigenvalue weighted by molar-refractivity contribution is 5.66. The summed E-state index contributed by atoms with van der Waals surface area (Å²) >= 11 is 0. The predicted molar refractivity (Wildman–Crippen MR) is 47.4 cm³/mol. The SMILES string of the molecule is O=C(O)CCN[C@@H]1CCCC[C@H]1F. The Kier molecular flexibility index (Phi) is 4.15. The van der Waals surface area contributed by atoms with Crippen LogP contribution in [-0.4, -0.2) is 29.8 Å². The normalized spacial score (nSPS) is 28.7. The van der Waals surface area contributed by atoms with Gasteiger partial charge >= 0.3 is 5.97 Å². The third-order valence-corrected chi connectivity index (χ3v) is 2.43. The molecule has 2 N–H and O–H groups in total. The maximum absolute atomic E-state index is 13.2. The van der Waals surface area contributed by atoms with Gasteiger partial charge in [0.15, 0.2) is 0 Å². The van der Waals surface area contributed by atoms with Gasteiger partial charge in [0, 0.05) is 12.6 Å². The van der Waals surface area contributed by atoms with Gasteiger partial charge in [0.2, 0.25) is 0 Å². The van der Waals surface area contributed by atoms with Crippen LogP contribution in [0.2, 0.25) is 0 Å². The summed E-state index contributed by atoms with van der Waals surface area (Å²) < 4.78 is 13.2. The minimum absolute atomic E-state index is 0.0726. The summed E-state index contributed by atoms with van der Waals surface area (Å²) in [6.45, 7) is 0.375. The number of hydrogen-bond donors (Lipinski definition) is 2. The van der Waals surface area contributed by atoms with Crippen molar-refractivity contribution in [1.29, 1.82) is 0 Å². The number of halogens is 1. The molecular weight excluding hydrogens is 173 g/mol. The van der Waals surface area contributed by atoms with Crippen molar-refractivity contribution in [2.75, 3.05) is 6.54 Å². The molecule has 2 atom stereocenters. The third kappa shape index (κ3) is 3.72. The predicted octanol–water partition coefficient (Wildman–Crippen LogP) is 1.33. The fraction of sp³-hybridized carbons (Fsp3) is 0.889. The zero-order valence-electron chi connectivity index (χ0n) is 7.63. The highest BCUT2D eigenvalue weighted by Gasteiger charge is 2.23. The summed E-state index contributed by atoms with van der Waals surface area (Å²) in [5.74, 6) is -0.835. The average molecular weight is 189 g/mol. The van der Waals surface area contributed by atoms with Crippen molar-refractivity contribution in [3.05, 3.63) is 0 Å². The molecule has 0 aromatic rings. The fourth-order valence-electron chi connectivity index (χ4n) is 1.68. The number of hydrogen-bond acceptors (Lipinski definition) is 2. The first-order valence-corrected chi connectivity index (χ1v) is 4.79. The van der Waals surface area contributed by atoms with Gasteiger partial charge in [-0.25, -0.2) is 4.39 Å². The van der Waals surface area contributed by atoms with Gasteiger partial charge < -0.3 is 10.4 Å². The number of carbonyl (C=O) groups is 1. The van der Waals surface area contributed by atoms with Crippen LogP contribution < -0.4 is 5.32 Å². The Morgan fingerprint density at radius 1 is 1.46 bits per heavy atom. The maximum atomic E-state index is 13.2. The second kappa shape index (κ2) is 5.17. The zero-order valence-corrected chi connectivity index (χ0v) is 7.63. The first-order chi connectivity index (χ1) is 6.20. The van der Waals surface area contributed by atoms with Crippen LogP contribution in [0.15, 0.2) is 0 Å². The van der Waals surface area contributed by atoms with E-state index in [0.717, 1.165) is 19.3 Å². The van der Waals surface area contributed by atoms with Crippen molar-refractivity contribution in [2.24, 2.45) is 0 Å². The molecule has 0 aromatic heterocycles. The summed E-state index contributed by atoms with van der Waals surface area (Å²) in [6.07, 6.45) is 2.74. The lowest BCUT2D eigenvalue weighted by atomic mass is 9.93. The van der Waals surface area contributed by atoms with Gasteiger partial charge in [-0.1, -0.05) is 12.8 Å². The largest absolute Gasteiger partial charge is 0.481 e. The molecule has 0 aliphatic heterocycles. The van der Waals surface area contributed by atoms with Crippen LogP contribution in [-0.2, 0) is 4.79 Å². The molecule has 0 spiro atoms. The van der Waals surface area contributed by atoms with E-state index in [4.69, 9.17) is 5.11 Å². The van der Waals surface area contributed by atoms with E-state index in [1.54, 1.807) is 0 Å². The summed E-state index contributed by atoms with van der Waals surface area (Å²) in [7, 11) is 0. The number of carboxylic acid groups (broad SMARTS) is 1. The molecule has 4 heteroatoms. The summed E-state index contributed by atoms with van der Waals surface area (Å²) in [6, 6.07) is -0.118. The Hall–Kier alpha value is -0.640. The van der Waals surface area contributed by atoms with Crippen LogP contribution in [0.3, 0.4) is 0 Å². The van der Waals surface area contributed by atoms with E-state index in [-0.39, 0.29) is 12.5 Å². The van der Waals surface area contributed by atoms with Gasteiger partial charge in [-0.2, -0.15) is 0 Å². The topological polar surface area (TPSA) is 49.3 Å². The van der Waals surface area contributed by atoms with E-state index in [1.807, 2.05) is 0 Å². The molecular formula is C9H16FNO2. The Morgan fingerprint density at radius 3 is 2.77 bits per heavy atom. The third-order valence-electron chi connectivity index (χ3n) is 2.43. The van der Waals surface area contributed by atoms with Crippen molar-refractivity contribution in [1.82, 2.24) is 5.32 Å². The lowest BCUT2D eigenvalue weighted by Gasteiger charge is -2.26. The molecule has 0 saturated heterocycles. The van der Waals surface area contributed by atoms with Gasteiger partial charge in [0.05, 0.1) is 6.42 Å². The summed E-state index contributed by atoms with van der Waals surface area (Å²) in [5, 5.41) is 11.3. The minimum atomic E-state index is -0.835. The molecule has 1 aliphatic carbocycles. The Morgan fingerprint density at radius 2 is 2.15 bits per heavy atom. The molecule has 0 radical (unpaired) electrons. The lowest BCUT2D eigenvalue weighted by Crippen LogP contribution is -2.40. The van der Waals surface area contributed by atoms with Crippen molar-refractivity contribution in [3.8, 4) is 0 Å². The van der Waals surface area contributed by atoms with E-state index >= 15 is 0 Å². The van der Waals surface area contributed by atoms with E-state index in [1.165, 1.54) is 0 Å². The molecule has 0 unspecified atom stereocenters.